The second-order valence-electron chi connectivity index (χ2n) is 5.30. The van der Waals surface area contributed by atoms with Crippen molar-refractivity contribution in [2.75, 3.05) is 13.1 Å². The Morgan fingerprint density at radius 3 is 2.86 bits per heavy atom. The molecule has 3 rings (SSSR count). The van der Waals surface area contributed by atoms with Gasteiger partial charge in [-0.25, -0.2) is 0 Å². The second-order valence-corrected chi connectivity index (χ2v) is 5.30. The molecule has 112 valence electrons. The predicted octanol–water partition coefficient (Wildman–Crippen LogP) is 2.02. The van der Waals surface area contributed by atoms with Crippen molar-refractivity contribution in [1.82, 2.24) is 15.1 Å². The van der Waals surface area contributed by atoms with Crippen molar-refractivity contribution in [1.29, 1.82) is 0 Å². The summed E-state index contributed by atoms with van der Waals surface area (Å²) in [6, 6.07) is 3.54. The van der Waals surface area contributed by atoms with E-state index in [1.807, 2.05) is 0 Å². The number of aliphatic carboxylic acids is 1. The SMILES string of the molecule is O=C(O)CC1CCN(Cc2nnc(-c3ccco3)o2)CC1. The lowest BCUT2D eigenvalue weighted by molar-refractivity contribution is -0.138. The molecule has 0 spiro atoms. The Morgan fingerprint density at radius 2 is 2.19 bits per heavy atom. The highest BCUT2D eigenvalue weighted by atomic mass is 16.4. The maximum absolute atomic E-state index is 10.7. The number of hydrogen-bond acceptors (Lipinski definition) is 6. The minimum Gasteiger partial charge on any atom is -0.481 e. The first-order valence-corrected chi connectivity index (χ1v) is 7.01. The summed E-state index contributed by atoms with van der Waals surface area (Å²) in [4.78, 5) is 12.9. The third kappa shape index (κ3) is 3.49. The zero-order chi connectivity index (χ0) is 14.7. The molecule has 1 N–H and O–H groups in total. The molecule has 0 amide bonds. The van der Waals surface area contributed by atoms with E-state index < -0.39 is 5.97 Å². The molecule has 0 radical (unpaired) electrons. The summed E-state index contributed by atoms with van der Waals surface area (Å²) in [5.74, 6) is 1.07. The van der Waals surface area contributed by atoms with Crippen molar-refractivity contribution >= 4 is 5.97 Å². The minimum atomic E-state index is -0.714. The van der Waals surface area contributed by atoms with Crippen LogP contribution >= 0.6 is 0 Å². The molecule has 1 fully saturated rings. The lowest BCUT2D eigenvalue weighted by atomic mass is 9.94. The van der Waals surface area contributed by atoms with Crippen LogP contribution in [0.3, 0.4) is 0 Å². The fourth-order valence-corrected chi connectivity index (χ4v) is 2.60. The Hall–Kier alpha value is -2.15. The summed E-state index contributed by atoms with van der Waals surface area (Å²) in [5.41, 5.74) is 0. The Kier molecular flexibility index (Phi) is 4.01. The first-order chi connectivity index (χ1) is 10.2. The van der Waals surface area contributed by atoms with Crippen molar-refractivity contribution in [3.63, 3.8) is 0 Å². The van der Waals surface area contributed by atoms with Gasteiger partial charge in [0.1, 0.15) is 0 Å². The molecule has 1 saturated heterocycles. The Balaban J connectivity index is 1.53. The Labute approximate surface area is 121 Å². The number of likely N-dealkylation sites (tertiary alicyclic amines) is 1. The summed E-state index contributed by atoms with van der Waals surface area (Å²) >= 11 is 0. The number of carboxylic acids is 1. The van der Waals surface area contributed by atoms with Crippen LogP contribution in [0.15, 0.2) is 27.2 Å². The lowest BCUT2D eigenvalue weighted by Crippen LogP contribution is -2.34. The van der Waals surface area contributed by atoms with Crippen LogP contribution < -0.4 is 0 Å². The highest BCUT2D eigenvalue weighted by Gasteiger charge is 2.22. The van der Waals surface area contributed by atoms with Crippen LogP contribution in [0.1, 0.15) is 25.2 Å². The van der Waals surface area contributed by atoms with Gasteiger partial charge in [0.05, 0.1) is 12.8 Å². The van der Waals surface area contributed by atoms with Gasteiger partial charge in [0.2, 0.25) is 5.89 Å². The van der Waals surface area contributed by atoms with Gasteiger partial charge < -0.3 is 13.9 Å². The highest BCUT2D eigenvalue weighted by Crippen LogP contribution is 2.23. The summed E-state index contributed by atoms with van der Waals surface area (Å²) in [7, 11) is 0. The van der Waals surface area contributed by atoms with E-state index in [1.54, 1.807) is 18.4 Å². The van der Waals surface area contributed by atoms with Crippen molar-refractivity contribution < 1.29 is 18.7 Å². The number of aromatic nitrogens is 2. The molecule has 21 heavy (non-hydrogen) atoms. The van der Waals surface area contributed by atoms with E-state index in [0.717, 1.165) is 25.9 Å². The number of piperidine rings is 1. The van der Waals surface area contributed by atoms with Gasteiger partial charge in [-0.15, -0.1) is 10.2 Å². The highest BCUT2D eigenvalue weighted by molar-refractivity contribution is 5.67. The quantitative estimate of drug-likeness (QED) is 0.900. The summed E-state index contributed by atoms with van der Waals surface area (Å²) in [6.45, 7) is 2.31. The van der Waals surface area contributed by atoms with Gasteiger partial charge in [-0.2, -0.15) is 0 Å². The molecule has 0 unspecified atom stereocenters. The van der Waals surface area contributed by atoms with Gasteiger partial charge in [0.15, 0.2) is 5.76 Å². The molecule has 2 aromatic rings. The van der Waals surface area contributed by atoms with Crippen molar-refractivity contribution in [3.8, 4) is 11.7 Å². The minimum absolute atomic E-state index is 0.261. The third-order valence-corrected chi connectivity index (χ3v) is 3.73. The number of carboxylic acid groups (broad SMARTS) is 1. The number of nitrogens with zero attached hydrogens (tertiary/aromatic N) is 3. The van der Waals surface area contributed by atoms with E-state index >= 15 is 0 Å². The van der Waals surface area contributed by atoms with Crippen LogP contribution in [0, 0.1) is 5.92 Å². The number of hydrogen-bond donors (Lipinski definition) is 1. The largest absolute Gasteiger partial charge is 0.481 e. The van der Waals surface area contributed by atoms with E-state index in [9.17, 15) is 4.79 Å². The van der Waals surface area contributed by atoms with Crippen LogP contribution in [0.2, 0.25) is 0 Å². The molecular weight excluding hydrogens is 274 g/mol. The average Bonchev–Trinajstić information content (AvgIpc) is 3.11. The van der Waals surface area contributed by atoms with Crippen molar-refractivity contribution in [3.05, 3.63) is 24.3 Å². The maximum Gasteiger partial charge on any atom is 0.303 e. The fraction of sp³-hybridized carbons (Fsp3) is 0.500. The molecule has 0 bridgehead atoms. The van der Waals surface area contributed by atoms with Crippen LogP contribution in [-0.2, 0) is 11.3 Å². The van der Waals surface area contributed by atoms with Gasteiger partial charge >= 0.3 is 5.97 Å². The predicted molar refractivity (Wildman–Crippen MR) is 72.3 cm³/mol. The summed E-state index contributed by atoms with van der Waals surface area (Å²) in [6.07, 6.45) is 3.61. The molecule has 7 heteroatoms. The van der Waals surface area contributed by atoms with Crippen molar-refractivity contribution in [2.24, 2.45) is 5.92 Å². The van der Waals surface area contributed by atoms with E-state index in [1.165, 1.54) is 0 Å². The van der Waals surface area contributed by atoms with Crippen LogP contribution in [0.5, 0.6) is 0 Å². The monoisotopic (exact) mass is 291 g/mol. The smallest absolute Gasteiger partial charge is 0.303 e. The van der Waals surface area contributed by atoms with E-state index in [-0.39, 0.29) is 12.3 Å². The normalized spacial score (nSPS) is 17.1. The van der Waals surface area contributed by atoms with Crippen LogP contribution in [0.25, 0.3) is 11.7 Å². The fourth-order valence-electron chi connectivity index (χ4n) is 2.60. The Bertz CT molecular complexity index is 585. The molecule has 7 nitrogen and oxygen atoms in total. The molecule has 0 saturated carbocycles. The average molecular weight is 291 g/mol. The maximum atomic E-state index is 10.7. The van der Waals surface area contributed by atoms with Gasteiger partial charge in [-0.3, -0.25) is 9.69 Å². The molecule has 0 aliphatic carbocycles. The number of rotatable bonds is 5. The number of carbonyl (C=O) groups is 1. The first kappa shape index (κ1) is 13.8. The van der Waals surface area contributed by atoms with Crippen molar-refractivity contribution in [2.45, 2.75) is 25.8 Å². The third-order valence-electron chi connectivity index (χ3n) is 3.73. The lowest BCUT2D eigenvalue weighted by Gasteiger charge is -2.30. The van der Waals surface area contributed by atoms with Gasteiger partial charge in [-0.1, -0.05) is 0 Å². The summed E-state index contributed by atoms with van der Waals surface area (Å²) < 4.78 is 10.8. The zero-order valence-electron chi connectivity index (χ0n) is 11.6. The number of furan rings is 1. The van der Waals surface area contributed by atoms with E-state index in [4.69, 9.17) is 13.9 Å². The van der Waals surface area contributed by atoms with Crippen LogP contribution in [-0.4, -0.2) is 39.3 Å². The van der Waals surface area contributed by atoms with Crippen LogP contribution in [0.4, 0.5) is 0 Å². The molecule has 0 aromatic carbocycles. The molecule has 1 aliphatic heterocycles. The topological polar surface area (TPSA) is 92.6 Å². The van der Waals surface area contributed by atoms with E-state index in [2.05, 4.69) is 15.1 Å². The van der Waals surface area contributed by atoms with Gasteiger partial charge in [-0.05, 0) is 44.0 Å². The van der Waals surface area contributed by atoms with E-state index in [0.29, 0.717) is 24.1 Å². The molecule has 3 heterocycles. The zero-order valence-corrected chi connectivity index (χ0v) is 11.6. The molecule has 1 aliphatic rings. The standard InChI is InChI=1S/C14H17N3O4/c18-13(19)8-10-3-5-17(6-4-10)9-12-15-16-14(21-12)11-2-1-7-20-11/h1-2,7,10H,3-6,8-9H2,(H,18,19). The molecule has 0 atom stereocenters. The van der Waals surface area contributed by atoms with Gasteiger partial charge in [0.25, 0.3) is 5.89 Å². The Morgan fingerprint density at radius 1 is 1.38 bits per heavy atom. The molecule has 2 aromatic heterocycles. The summed E-state index contributed by atoms with van der Waals surface area (Å²) in [5, 5.41) is 16.8. The van der Waals surface area contributed by atoms with Gasteiger partial charge in [0, 0.05) is 6.42 Å². The first-order valence-electron chi connectivity index (χ1n) is 7.01. The second kappa shape index (κ2) is 6.09. The molecular formula is C14H17N3O4.